The van der Waals surface area contributed by atoms with Gasteiger partial charge in [-0.1, -0.05) is 6.10 Å². The number of hydrogen-bond acceptors (Lipinski definition) is 10. The van der Waals surface area contributed by atoms with Crippen LogP contribution in [0, 0.1) is 0 Å². The zero-order valence-electron chi connectivity index (χ0n) is 11.5. The third-order valence-electron chi connectivity index (χ3n) is 2.26. The smallest absolute Gasteiger partial charge is 0.267 e. The Balaban J connectivity index is 0. The number of ether oxygens (including phenoxy) is 1. The quantitative estimate of drug-likeness (QED) is 0.284. The molecule has 0 saturated carbocycles. The second-order valence-electron chi connectivity index (χ2n) is 3.80. The summed E-state index contributed by atoms with van der Waals surface area (Å²) in [5.41, 5.74) is 0. The Morgan fingerprint density at radius 3 is 1.95 bits per heavy atom. The molecule has 0 amide bonds. The molecule has 0 bridgehead atoms. The lowest BCUT2D eigenvalue weighted by Gasteiger charge is -2.52. The van der Waals surface area contributed by atoms with Crippen molar-refractivity contribution in [1.29, 1.82) is 0 Å². The van der Waals surface area contributed by atoms with Gasteiger partial charge in [0.05, 0.1) is 12.7 Å². The zero-order chi connectivity index (χ0) is 15.7. The first-order valence-corrected chi connectivity index (χ1v) is 7.95. The SMILES string of the molecule is O=P([O-])(O)OC[C@H]1O[C@H](OP(=O)([O-])O)[C@H]([O-])[C@@H]([O-])[C@@H]1O.[NH4+].[NH4+]. The number of hydrogen-bond donors (Lipinski definition) is 5. The lowest BCUT2D eigenvalue weighted by molar-refractivity contribution is -0.576. The summed E-state index contributed by atoms with van der Waals surface area (Å²) in [6.45, 7) is -1.06. The van der Waals surface area contributed by atoms with Crippen LogP contribution in [0.2, 0.25) is 0 Å². The Morgan fingerprint density at radius 1 is 1.05 bits per heavy atom. The largest absolute Gasteiger partial charge is 0.851 e. The number of phosphoric ester groups is 2. The van der Waals surface area contributed by atoms with Gasteiger partial charge in [0.15, 0.2) is 6.29 Å². The van der Waals surface area contributed by atoms with E-state index in [1.54, 1.807) is 0 Å². The average Bonchev–Trinajstić information content (AvgIpc) is 2.25. The molecular formula is C6H18N2O12P2-2. The molecule has 1 fully saturated rings. The van der Waals surface area contributed by atoms with Crippen molar-refractivity contribution in [2.75, 3.05) is 6.61 Å². The number of phosphoric acid groups is 2. The molecule has 7 atom stereocenters. The van der Waals surface area contributed by atoms with Gasteiger partial charge < -0.3 is 56.5 Å². The summed E-state index contributed by atoms with van der Waals surface area (Å²) in [4.78, 5) is 37.6. The van der Waals surface area contributed by atoms with E-state index < -0.39 is 53.0 Å². The highest BCUT2D eigenvalue weighted by molar-refractivity contribution is 7.45. The standard InChI is InChI=1S/C6H12O12P2.2H3N/c7-3-2(1-16-19(10,11)12)17-6(5(9)4(3)8)18-20(13,14)15;;/h2-7H,1H2,(H2,10,11,12)(H2,13,14,15);2*1H3/q-2;;/t2-,3-,4+,5-,6-;;/m1../s1. The number of aliphatic hydroxyl groups excluding tert-OH is 1. The van der Waals surface area contributed by atoms with Gasteiger partial charge in [-0.3, -0.25) is 13.7 Å². The fourth-order valence-electron chi connectivity index (χ4n) is 1.41. The third-order valence-corrected chi connectivity index (χ3v) is 3.21. The molecule has 16 heteroatoms. The van der Waals surface area contributed by atoms with Gasteiger partial charge >= 0.3 is 0 Å². The predicted molar refractivity (Wildman–Crippen MR) is 60.9 cm³/mol. The van der Waals surface area contributed by atoms with Gasteiger partial charge in [0.2, 0.25) is 0 Å². The number of quaternary nitrogens is 2. The molecule has 0 aliphatic carbocycles. The first kappa shape index (κ1) is 24.2. The van der Waals surface area contributed by atoms with Crippen LogP contribution in [0.3, 0.4) is 0 Å². The molecule has 0 aromatic rings. The number of aliphatic hydroxyl groups is 1. The van der Waals surface area contributed by atoms with E-state index in [1.165, 1.54) is 0 Å². The van der Waals surface area contributed by atoms with E-state index in [9.17, 15) is 34.2 Å². The van der Waals surface area contributed by atoms with Crippen molar-refractivity contribution in [2.45, 2.75) is 30.7 Å². The molecule has 0 aromatic carbocycles. The van der Waals surface area contributed by atoms with Crippen LogP contribution in [0.5, 0.6) is 0 Å². The van der Waals surface area contributed by atoms with E-state index in [2.05, 4.69) is 13.8 Å². The maximum atomic E-state index is 11.4. The van der Waals surface area contributed by atoms with Crippen LogP contribution < -0.4 is 32.3 Å². The molecule has 0 spiro atoms. The molecule has 136 valence electrons. The van der Waals surface area contributed by atoms with Crippen molar-refractivity contribution in [3.05, 3.63) is 0 Å². The number of rotatable bonds is 5. The Kier molecular flexibility index (Phi) is 9.61. The monoisotopic (exact) mass is 372 g/mol. The minimum Gasteiger partial charge on any atom is -0.851 e. The summed E-state index contributed by atoms with van der Waals surface area (Å²) in [6, 6.07) is 0. The van der Waals surface area contributed by atoms with Gasteiger partial charge in [-0.05, 0) is 0 Å². The van der Waals surface area contributed by atoms with Gasteiger partial charge in [0, 0.05) is 0 Å². The zero-order valence-corrected chi connectivity index (χ0v) is 13.3. The van der Waals surface area contributed by atoms with Gasteiger partial charge in [-0.25, -0.2) is 0 Å². The molecule has 0 aromatic heterocycles. The molecule has 1 aliphatic heterocycles. The lowest BCUT2D eigenvalue weighted by Crippen LogP contribution is -2.68. The molecule has 2 unspecified atom stereocenters. The molecule has 1 heterocycles. The van der Waals surface area contributed by atoms with E-state index >= 15 is 0 Å². The average molecular weight is 372 g/mol. The highest BCUT2D eigenvalue weighted by atomic mass is 31.2. The van der Waals surface area contributed by atoms with Crippen LogP contribution in [0.1, 0.15) is 0 Å². The van der Waals surface area contributed by atoms with Crippen LogP contribution in [0.15, 0.2) is 0 Å². The second-order valence-corrected chi connectivity index (χ2v) is 6.14. The van der Waals surface area contributed by atoms with Crippen molar-refractivity contribution in [2.24, 2.45) is 0 Å². The maximum Gasteiger partial charge on any atom is 0.267 e. The first-order valence-electron chi connectivity index (χ1n) is 4.96. The summed E-state index contributed by atoms with van der Waals surface area (Å²) in [6.07, 6.45) is -10.8. The van der Waals surface area contributed by atoms with Crippen molar-refractivity contribution < 1.29 is 57.8 Å². The third kappa shape index (κ3) is 7.50. The first-order chi connectivity index (χ1) is 8.91. The Bertz CT molecular complexity index is 422. The Hall–Kier alpha value is -0.0200. The van der Waals surface area contributed by atoms with Gasteiger partial charge in [-0.15, -0.1) is 6.10 Å². The fraction of sp³-hybridized carbons (Fsp3) is 1.00. The van der Waals surface area contributed by atoms with Crippen molar-refractivity contribution in [3.8, 4) is 0 Å². The van der Waals surface area contributed by atoms with Crippen molar-refractivity contribution >= 4 is 15.6 Å². The predicted octanol–water partition coefficient (Wildman–Crippen LogP) is -4.76. The molecule has 11 N–H and O–H groups in total. The maximum absolute atomic E-state index is 11.4. The van der Waals surface area contributed by atoms with Crippen LogP contribution in [0.25, 0.3) is 0 Å². The van der Waals surface area contributed by atoms with Crippen LogP contribution in [0.4, 0.5) is 0 Å². The highest BCUT2D eigenvalue weighted by Gasteiger charge is 2.37. The molecule has 22 heavy (non-hydrogen) atoms. The summed E-state index contributed by atoms with van der Waals surface area (Å²) >= 11 is 0. The normalized spacial score (nSPS) is 37.1. The highest BCUT2D eigenvalue weighted by Crippen LogP contribution is 2.37. The molecule has 0 radical (unpaired) electrons. The minimum absolute atomic E-state index is 0. The van der Waals surface area contributed by atoms with Gasteiger partial charge in [-0.2, -0.15) is 0 Å². The van der Waals surface area contributed by atoms with Gasteiger partial charge in [0.1, 0.15) is 6.10 Å². The van der Waals surface area contributed by atoms with Crippen LogP contribution in [-0.4, -0.2) is 52.2 Å². The molecule has 1 aliphatic rings. The second kappa shape index (κ2) is 8.73. The lowest BCUT2D eigenvalue weighted by atomic mass is 10.00. The van der Waals surface area contributed by atoms with E-state index in [0.717, 1.165) is 0 Å². The molecular weight excluding hydrogens is 354 g/mol. The molecule has 1 rings (SSSR count). The van der Waals surface area contributed by atoms with Crippen LogP contribution in [-0.2, 0) is 22.9 Å². The van der Waals surface area contributed by atoms with Crippen LogP contribution >= 0.6 is 15.6 Å². The van der Waals surface area contributed by atoms with Crippen molar-refractivity contribution in [3.63, 3.8) is 0 Å². The van der Waals surface area contributed by atoms with E-state index in [0.29, 0.717) is 0 Å². The topological polar surface area (TPSA) is 288 Å². The van der Waals surface area contributed by atoms with Gasteiger partial charge in [0.25, 0.3) is 15.6 Å². The fourth-order valence-corrected chi connectivity index (χ4v) is 2.18. The summed E-state index contributed by atoms with van der Waals surface area (Å²) in [7, 11) is -10.6. The summed E-state index contributed by atoms with van der Waals surface area (Å²) in [5, 5.41) is 32.1. The van der Waals surface area contributed by atoms with Crippen molar-refractivity contribution in [1.82, 2.24) is 12.3 Å². The minimum atomic E-state index is -5.40. The van der Waals surface area contributed by atoms with E-state index in [-0.39, 0.29) is 12.3 Å². The molecule has 14 nitrogen and oxygen atoms in total. The van der Waals surface area contributed by atoms with E-state index in [1.807, 2.05) is 0 Å². The Morgan fingerprint density at radius 2 is 1.55 bits per heavy atom. The molecule has 1 saturated heterocycles. The Labute approximate surface area is 124 Å². The summed E-state index contributed by atoms with van der Waals surface area (Å²) in [5.74, 6) is 0. The summed E-state index contributed by atoms with van der Waals surface area (Å²) < 4.78 is 33.0. The van der Waals surface area contributed by atoms with E-state index in [4.69, 9.17) is 9.79 Å².